The van der Waals surface area contributed by atoms with Gasteiger partial charge in [0.15, 0.2) is 12.4 Å². The molecule has 0 aliphatic heterocycles. The maximum atomic E-state index is 10.9. The number of benzene rings is 1. The topological polar surface area (TPSA) is 85.5 Å². The summed E-state index contributed by atoms with van der Waals surface area (Å²) in [5.74, 6) is 1.08. The summed E-state index contributed by atoms with van der Waals surface area (Å²) in [4.78, 5) is 15.2. The van der Waals surface area contributed by atoms with Crippen LogP contribution in [0.3, 0.4) is 0 Å². The van der Waals surface area contributed by atoms with Crippen molar-refractivity contribution in [1.82, 2.24) is 10.1 Å². The molecule has 2 aromatic rings. The molecule has 1 aromatic carbocycles. The summed E-state index contributed by atoms with van der Waals surface area (Å²) in [7, 11) is 0. The molecule has 104 valence electrons. The second-order valence-electron chi connectivity index (χ2n) is 4.56. The monoisotopic (exact) mass is 386 g/mol. The van der Waals surface area contributed by atoms with Crippen molar-refractivity contribution in [2.24, 2.45) is 0 Å². The van der Waals surface area contributed by atoms with Crippen molar-refractivity contribution in [3.8, 4) is 5.75 Å². The van der Waals surface area contributed by atoms with E-state index >= 15 is 0 Å². The number of hydrogen-bond acceptors (Lipinski definition) is 5. The van der Waals surface area contributed by atoms with Gasteiger partial charge in [-0.25, -0.2) is 4.79 Å². The summed E-state index contributed by atoms with van der Waals surface area (Å²) in [6.07, 6.45) is 2.22. The van der Waals surface area contributed by atoms with Crippen molar-refractivity contribution in [2.75, 3.05) is 0 Å². The van der Waals surface area contributed by atoms with Crippen LogP contribution in [0, 0.1) is 3.57 Å². The molecule has 1 aliphatic carbocycles. The Morgan fingerprint density at radius 3 is 3.00 bits per heavy atom. The molecule has 20 heavy (non-hydrogen) atoms. The Kier molecular flexibility index (Phi) is 3.60. The standard InChI is InChI=1S/C13H11IN2O4/c14-9-4-3-8(13(17)18)5-10(9)19-6-11-15-12(16-20-11)7-1-2-7/h3-5,7H,1-2,6H2,(H,17,18). The number of carbonyl (C=O) groups is 1. The number of carboxylic acid groups (broad SMARTS) is 1. The molecule has 6 nitrogen and oxygen atoms in total. The minimum absolute atomic E-state index is 0.138. The zero-order valence-corrected chi connectivity index (χ0v) is 12.5. The minimum atomic E-state index is -0.986. The third-order valence-corrected chi connectivity index (χ3v) is 3.85. The fourth-order valence-corrected chi connectivity index (χ4v) is 2.21. The summed E-state index contributed by atoms with van der Waals surface area (Å²) in [5.41, 5.74) is 0.185. The predicted molar refractivity (Wildman–Crippen MR) is 76.7 cm³/mol. The van der Waals surface area contributed by atoms with Crippen molar-refractivity contribution < 1.29 is 19.2 Å². The molecule has 0 radical (unpaired) electrons. The van der Waals surface area contributed by atoms with E-state index in [2.05, 4.69) is 32.7 Å². The van der Waals surface area contributed by atoms with Crippen LogP contribution < -0.4 is 4.74 Å². The Morgan fingerprint density at radius 1 is 1.50 bits per heavy atom. The van der Waals surface area contributed by atoms with E-state index in [0.717, 1.165) is 22.2 Å². The van der Waals surface area contributed by atoms with Crippen LogP contribution in [0.5, 0.6) is 5.75 Å². The molecule has 1 saturated carbocycles. The van der Waals surface area contributed by atoms with Crippen molar-refractivity contribution >= 4 is 28.6 Å². The van der Waals surface area contributed by atoms with Crippen LogP contribution in [-0.2, 0) is 6.61 Å². The number of rotatable bonds is 5. The molecule has 0 unspecified atom stereocenters. The zero-order chi connectivity index (χ0) is 14.1. The van der Waals surface area contributed by atoms with Crippen molar-refractivity contribution in [1.29, 1.82) is 0 Å². The van der Waals surface area contributed by atoms with Gasteiger partial charge in [-0.3, -0.25) is 0 Å². The normalized spacial score (nSPS) is 14.2. The van der Waals surface area contributed by atoms with Crippen LogP contribution in [0.4, 0.5) is 0 Å². The molecule has 0 amide bonds. The van der Waals surface area contributed by atoms with Crippen molar-refractivity contribution in [2.45, 2.75) is 25.4 Å². The van der Waals surface area contributed by atoms with Gasteiger partial charge in [-0.1, -0.05) is 5.16 Å². The van der Waals surface area contributed by atoms with E-state index < -0.39 is 5.97 Å². The molecule has 0 spiro atoms. The Bertz CT molecular complexity index is 652. The van der Waals surface area contributed by atoms with Gasteiger partial charge in [0.25, 0.3) is 5.89 Å². The smallest absolute Gasteiger partial charge is 0.335 e. The van der Waals surface area contributed by atoms with Crippen LogP contribution in [0.2, 0.25) is 0 Å². The molecular weight excluding hydrogens is 375 g/mol. The average molecular weight is 386 g/mol. The summed E-state index contributed by atoms with van der Waals surface area (Å²) in [5, 5.41) is 12.9. The van der Waals surface area contributed by atoms with Crippen LogP contribution in [0.15, 0.2) is 22.7 Å². The maximum Gasteiger partial charge on any atom is 0.335 e. The van der Waals surface area contributed by atoms with Gasteiger partial charge in [-0.2, -0.15) is 4.98 Å². The van der Waals surface area contributed by atoms with Crippen LogP contribution in [0.1, 0.15) is 40.8 Å². The average Bonchev–Trinajstić information content (AvgIpc) is 3.17. The summed E-state index contributed by atoms with van der Waals surface area (Å²) < 4.78 is 11.5. The predicted octanol–water partition coefficient (Wildman–Crippen LogP) is 2.83. The van der Waals surface area contributed by atoms with Gasteiger partial charge in [0.1, 0.15) is 5.75 Å². The van der Waals surface area contributed by atoms with Gasteiger partial charge in [-0.15, -0.1) is 0 Å². The van der Waals surface area contributed by atoms with Crippen LogP contribution in [-0.4, -0.2) is 21.2 Å². The summed E-state index contributed by atoms with van der Waals surface area (Å²) in [6.45, 7) is 0.138. The van der Waals surface area contributed by atoms with E-state index in [1.54, 1.807) is 6.07 Å². The highest BCUT2D eigenvalue weighted by Gasteiger charge is 2.28. The van der Waals surface area contributed by atoms with Gasteiger partial charge in [0, 0.05) is 5.92 Å². The molecular formula is C13H11IN2O4. The van der Waals surface area contributed by atoms with Gasteiger partial charge in [-0.05, 0) is 53.6 Å². The molecule has 0 bridgehead atoms. The first-order chi connectivity index (χ1) is 9.63. The molecule has 3 rings (SSSR count). The van der Waals surface area contributed by atoms with Crippen molar-refractivity contribution in [3.63, 3.8) is 0 Å². The van der Waals surface area contributed by atoms with E-state index in [0.29, 0.717) is 17.6 Å². The number of aromatic carboxylic acids is 1. The van der Waals surface area contributed by atoms with E-state index in [1.165, 1.54) is 12.1 Å². The molecule has 1 aliphatic rings. The van der Waals surface area contributed by atoms with E-state index in [-0.39, 0.29) is 12.2 Å². The van der Waals surface area contributed by atoms with E-state index in [9.17, 15) is 4.79 Å². The SMILES string of the molecule is O=C(O)c1ccc(I)c(OCc2nc(C3CC3)no2)c1. The van der Waals surface area contributed by atoms with Gasteiger partial charge >= 0.3 is 5.97 Å². The lowest BCUT2D eigenvalue weighted by Gasteiger charge is -2.06. The molecule has 1 fully saturated rings. The lowest BCUT2D eigenvalue weighted by molar-refractivity contribution is 0.0696. The first-order valence-electron chi connectivity index (χ1n) is 6.11. The highest BCUT2D eigenvalue weighted by atomic mass is 127. The van der Waals surface area contributed by atoms with Crippen molar-refractivity contribution in [3.05, 3.63) is 39.0 Å². The lowest BCUT2D eigenvalue weighted by Crippen LogP contribution is -2.01. The molecule has 0 saturated heterocycles. The number of carboxylic acids is 1. The number of ether oxygens (including phenoxy) is 1. The number of halogens is 1. The Hall–Kier alpha value is -1.64. The maximum absolute atomic E-state index is 10.9. The Labute approximate surface area is 128 Å². The highest BCUT2D eigenvalue weighted by molar-refractivity contribution is 14.1. The largest absolute Gasteiger partial charge is 0.483 e. The lowest BCUT2D eigenvalue weighted by atomic mass is 10.2. The third kappa shape index (κ3) is 2.92. The van der Waals surface area contributed by atoms with E-state index in [1.807, 2.05) is 0 Å². The minimum Gasteiger partial charge on any atom is -0.483 e. The Morgan fingerprint density at radius 2 is 2.30 bits per heavy atom. The number of nitrogens with zero attached hydrogens (tertiary/aromatic N) is 2. The van der Waals surface area contributed by atoms with E-state index in [4.69, 9.17) is 14.4 Å². The second kappa shape index (κ2) is 5.39. The molecule has 1 aromatic heterocycles. The van der Waals surface area contributed by atoms with Gasteiger partial charge < -0.3 is 14.4 Å². The fourth-order valence-electron chi connectivity index (χ4n) is 1.72. The van der Waals surface area contributed by atoms with Gasteiger partial charge in [0.05, 0.1) is 9.13 Å². The number of hydrogen-bond donors (Lipinski definition) is 1. The molecule has 7 heteroatoms. The molecule has 0 atom stereocenters. The van der Waals surface area contributed by atoms with Crippen LogP contribution in [0.25, 0.3) is 0 Å². The highest BCUT2D eigenvalue weighted by Crippen LogP contribution is 2.38. The second-order valence-corrected chi connectivity index (χ2v) is 5.72. The first kappa shape index (κ1) is 13.3. The first-order valence-corrected chi connectivity index (χ1v) is 7.19. The van der Waals surface area contributed by atoms with Gasteiger partial charge in [0.2, 0.25) is 0 Å². The summed E-state index contributed by atoms with van der Waals surface area (Å²) >= 11 is 2.08. The molecule has 1 heterocycles. The van der Waals surface area contributed by atoms with Crippen LogP contribution >= 0.6 is 22.6 Å². The molecule has 1 N–H and O–H groups in total. The zero-order valence-electron chi connectivity index (χ0n) is 10.4. The summed E-state index contributed by atoms with van der Waals surface area (Å²) in [6, 6.07) is 4.72. The fraction of sp³-hybridized carbons (Fsp3) is 0.308. The number of aromatic nitrogens is 2. The quantitative estimate of drug-likeness (QED) is 0.796. The third-order valence-electron chi connectivity index (χ3n) is 2.96. The Balaban J connectivity index is 1.70.